The van der Waals surface area contributed by atoms with Gasteiger partial charge in [-0.05, 0) is 29.8 Å². The van der Waals surface area contributed by atoms with Crippen molar-refractivity contribution in [3.8, 4) is 11.5 Å². The van der Waals surface area contributed by atoms with Crippen molar-refractivity contribution in [1.29, 1.82) is 0 Å². The zero-order valence-electron chi connectivity index (χ0n) is 14.2. The summed E-state index contributed by atoms with van der Waals surface area (Å²) in [6.45, 7) is 0. The van der Waals surface area contributed by atoms with Crippen LogP contribution in [0.15, 0.2) is 56.6 Å². The van der Waals surface area contributed by atoms with E-state index in [9.17, 15) is 4.79 Å². The van der Waals surface area contributed by atoms with E-state index in [0.717, 1.165) is 5.56 Å². The first-order chi connectivity index (χ1) is 12.7. The molecular weight excluding hydrogens is 334 g/mol. The third-order valence-corrected chi connectivity index (χ3v) is 4.07. The molecule has 1 aromatic carbocycles. The van der Waals surface area contributed by atoms with Crippen LogP contribution >= 0.6 is 0 Å². The Morgan fingerprint density at radius 1 is 1.00 bits per heavy atom. The number of fused-ring (bicyclic) bond motifs is 2. The number of pyridine rings is 1. The number of aromatic nitrogens is 1. The highest BCUT2D eigenvalue weighted by molar-refractivity contribution is 6.06. The van der Waals surface area contributed by atoms with E-state index in [1.807, 2.05) is 18.2 Å². The third-order valence-electron chi connectivity index (χ3n) is 4.07. The maximum Gasteiger partial charge on any atom is 0.206 e. The lowest BCUT2D eigenvalue weighted by Crippen LogP contribution is -2.04. The number of hydrogen-bond acceptors (Lipinski definition) is 6. The van der Waals surface area contributed by atoms with Crippen LogP contribution in [0.4, 0.5) is 0 Å². The molecular formula is C20H15NO5. The molecule has 0 amide bonds. The molecule has 0 aliphatic rings. The first-order valence-corrected chi connectivity index (χ1v) is 7.90. The molecule has 4 aromatic rings. The van der Waals surface area contributed by atoms with Gasteiger partial charge in [-0.2, -0.15) is 0 Å². The lowest BCUT2D eigenvalue weighted by atomic mass is 10.1. The Morgan fingerprint density at radius 2 is 1.77 bits per heavy atom. The predicted octanol–water partition coefficient (Wildman–Crippen LogP) is 4.12. The van der Waals surface area contributed by atoms with Crippen LogP contribution in [-0.4, -0.2) is 19.2 Å². The second-order valence-corrected chi connectivity index (χ2v) is 5.56. The SMILES string of the molecule is COc1c2occc2c(OC)c2c(=O)cc(/C=C/c3ccncc3)oc12. The largest absolute Gasteiger partial charge is 0.495 e. The van der Waals surface area contributed by atoms with E-state index < -0.39 is 0 Å². The van der Waals surface area contributed by atoms with Crippen LogP contribution in [0.2, 0.25) is 0 Å². The van der Waals surface area contributed by atoms with E-state index in [2.05, 4.69) is 4.98 Å². The van der Waals surface area contributed by atoms with Crippen LogP contribution in [0.3, 0.4) is 0 Å². The summed E-state index contributed by atoms with van der Waals surface area (Å²) in [5.74, 6) is 1.16. The van der Waals surface area contributed by atoms with Gasteiger partial charge in [-0.25, -0.2) is 0 Å². The van der Waals surface area contributed by atoms with Crippen LogP contribution in [0.1, 0.15) is 11.3 Å². The monoisotopic (exact) mass is 349 g/mol. The fourth-order valence-electron chi connectivity index (χ4n) is 2.92. The molecule has 0 aliphatic carbocycles. The highest BCUT2D eigenvalue weighted by atomic mass is 16.5. The lowest BCUT2D eigenvalue weighted by Gasteiger charge is -2.10. The Morgan fingerprint density at radius 3 is 2.50 bits per heavy atom. The van der Waals surface area contributed by atoms with Crippen molar-refractivity contribution in [3.63, 3.8) is 0 Å². The normalized spacial score (nSPS) is 11.5. The van der Waals surface area contributed by atoms with E-state index in [0.29, 0.717) is 33.6 Å². The van der Waals surface area contributed by atoms with Crippen LogP contribution in [0, 0.1) is 0 Å². The zero-order valence-corrected chi connectivity index (χ0v) is 14.2. The van der Waals surface area contributed by atoms with Crippen molar-refractivity contribution in [2.45, 2.75) is 0 Å². The van der Waals surface area contributed by atoms with Gasteiger partial charge in [-0.1, -0.05) is 6.08 Å². The summed E-state index contributed by atoms with van der Waals surface area (Å²) >= 11 is 0. The molecule has 3 heterocycles. The molecule has 0 atom stereocenters. The minimum atomic E-state index is -0.223. The summed E-state index contributed by atoms with van der Waals surface area (Å²) in [5.41, 5.74) is 1.47. The third kappa shape index (κ3) is 2.52. The summed E-state index contributed by atoms with van der Waals surface area (Å²) in [6.07, 6.45) is 8.45. The molecule has 0 unspecified atom stereocenters. The minimum Gasteiger partial charge on any atom is -0.495 e. The van der Waals surface area contributed by atoms with Gasteiger partial charge >= 0.3 is 0 Å². The standard InChI is InChI=1S/C20H15NO5/c1-23-17-14-7-10-25-18(14)20(24-2)19-16(17)15(22)11-13(26-19)4-3-12-5-8-21-9-6-12/h3-11H,1-2H3/b4-3+. The van der Waals surface area contributed by atoms with Gasteiger partial charge in [0, 0.05) is 18.5 Å². The molecule has 0 spiro atoms. The van der Waals surface area contributed by atoms with E-state index >= 15 is 0 Å². The molecule has 6 nitrogen and oxygen atoms in total. The van der Waals surface area contributed by atoms with Gasteiger partial charge in [-0.3, -0.25) is 9.78 Å². The van der Waals surface area contributed by atoms with Crippen LogP contribution in [0.25, 0.3) is 34.1 Å². The van der Waals surface area contributed by atoms with E-state index in [1.165, 1.54) is 26.5 Å². The summed E-state index contributed by atoms with van der Waals surface area (Å²) in [4.78, 5) is 16.7. The van der Waals surface area contributed by atoms with E-state index in [-0.39, 0.29) is 11.0 Å². The van der Waals surface area contributed by atoms with Crippen molar-refractivity contribution in [2.24, 2.45) is 0 Å². The second-order valence-electron chi connectivity index (χ2n) is 5.56. The zero-order chi connectivity index (χ0) is 18.1. The summed E-state index contributed by atoms with van der Waals surface area (Å²) in [7, 11) is 3.01. The Bertz CT molecular complexity index is 1170. The van der Waals surface area contributed by atoms with Crippen molar-refractivity contribution in [2.75, 3.05) is 14.2 Å². The molecule has 0 bridgehead atoms. The summed E-state index contributed by atoms with van der Waals surface area (Å²) < 4.78 is 22.4. The number of methoxy groups -OCH3 is 2. The molecule has 0 aliphatic heterocycles. The molecule has 0 radical (unpaired) electrons. The average Bonchev–Trinajstić information content (AvgIpc) is 3.14. The molecule has 0 saturated carbocycles. The molecule has 3 aromatic heterocycles. The molecule has 130 valence electrons. The Labute approximate surface area is 148 Å². The Balaban J connectivity index is 1.98. The van der Waals surface area contributed by atoms with Crippen molar-refractivity contribution < 1.29 is 18.3 Å². The van der Waals surface area contributed by atoms with Crippen molar-refractivity contribution >= 4 is 34.1 Å². The van der Waals surface area contributed by atoms with Crippen LogP contribution in [-0.2, 0) is 0 Å². The van der Waals surface area contributed by atoms with E-state index in [1.54, 1.807) is 24.5 Å². The highest BCUT2D eigenvalue weighted by Crippen LogP contribution is 2.42. The lowest BCUT2D eigenvalue weighted by molar-refractivity contribution is 0.400. The van der Waals surface area contributed by atoms with Crippen molar-refractivity contribution in [1.82, 2.24) is 4.98 Å². The number of benzene rings is 1. The summed E-state index contributed by atoms with van der Waals surface area (Å²) in [6, 6.07) is 6.86. The molecule has 0 N–H and O–H groups in total. The quantitative estimate of drug-likeness (QED) is 0.552. The Kier molecular flexibility index (Phi) is 3.93. The maximum atomic E-state index is 12.8. The van der Waals surface area contributed by atoms with Gasteiger partial charge in [0.25, 0.3) is 0 Å². The van der Waals surface area contributed by atoms with Gasteiger partial charge in [0.05, 0.1) is 25.9 Å². The number of furan rings is 1. The van der Waals surface area contributed by atoms with Gasteiger partial charge < -0.3 is 18.3 Å². The average molecular weight is 349 g/mol. The van der Waals surface area contributed by atoms with E-state index in [4.69, 9.17) is 18.3 Å². The van der Waals surface area contributed by atoms with Crippen LogP contribution < -0.4 is 14.9 Å². The summed E-state index contributed by atoms with van der Waals surface area (Å²) in [5, 5.41) is 0.975. The van der Waals surface area contributed by atoms with Crippen molar-refractivity contribution in [3.05, 3.63) is 64.5 Å². The number of hydrogen-bond donors (Lipinski definition) is 0. The van der Waals surface area contributed by atoms with Gasteiger partial charge in [0.1, 0.15) is 16.9 Å². The highest BCUT2D eigenvalue weighted by Gasteiger charge is 2.22. The first kappa shape index (κ1) is 16.0. The molecule has 0 saturated heterocycles. The second kappa shape index (κ2) is 6.40. The smallest absolute Gasteiger partial charge is 0.206 e. The number of rotatable bonds is 4. The fourth-order valence-corrected chi connectivity index (χ4v) is 2.92. The topological polar surface area (TPSA) is 74.7 Å². The first-order valence-electron chi connectivity index (χ1n) is 7.90. The van der Waals surface area contributed by atoms with Gasteiger partial charge in [-0.15, -0.1) is 0 Å². The Hall–Kier alpha value is -3.54. The van der Waals surface area contributed by atoms with Crippen LogP contribution in [0.5, 0.6) is 11.5 Å². The number of ether oxygens (including phenoxy) is 2. The molecule has 4 rings (SSSR count). The minimum absolute atomic E-state index is 0.223. The maximum absolute atomic E-state index is 12.8. The van der Waals surface area contributed by atoms with Gasteiger partial charge in [0.15, 0.2) is 16.6 Å². The molecule has 0 fully saturated rings. The fraction of sp³-hybridized carbons (Fsp3) is 0.100. The predicted molar refractivity (Wildman–Crippen MR) is 98.5 cm³/mol. The molecule has 26 heavy (non-hydrogen) atoms. The van der Waals surface area contributed by atoms with Gasteiger partial charge in [0.2, 0.25) is 5.75 Å². The molecule has 6 heteroatoms. The number of nitrogens with zero attached hydrogens (tertiary/aromatic N) is 1.